The van der Waals surface area contributed by atoms with Crippen molar-refractivity contribution in [2.24, 2.45) is 17.8 Å². The van der Waals surface area contributed by atoms with Gasteiger partial charge in [-0.05, 0) is 37.0 Å². The number of hydrogen-bond donors (Lipinski definition) is 0. The maximum Gasteiger partial charge on any atom is 0.117 e. The van der Waals surface area contributed by atoms with E-state index in [2.05, 4.69) is 26.8 Å². The van der Waals surface area contributed by atoms with Crippen molar-refractivity contribution >= 4 is 12.9 Å². The first-order valence-electron chi connectivity index (χ1n) is 4.52. The highest BCUT2D eigenvalue weighted by Gasteiger charge is 2.26. The maximum absolute atomic E-state index is 4.96. The molecule has 0 bridgehead atoms. The summed E-state index contributed by atoms with van der Waals surface area (Å²) in [5.74, 6) is 2.61. The molecule has 66 valence electrons. The van der Waals surface area contributed by atoms with Crippen LogP contribution in [0.15, 0.2) is 0 Å². The highest BCUT2D eigenvalue weighted by molar-refractivity contribution is 7.53. The van der Waals surface area contributed by atoms with Gasteiger partial charge in [-0.3, -0.25) is 0 Å². The minimum absolute atomic E-state index is 0.805. The van der Waals surface area contributed by atoms with Crippen LogP contribution in [-0.2, 0) is 17.1 Å². The zero-order valence-electron chi connectivity index (χ0n) is 7.47. The van der Waals surface area contributed by atoms with Crippen LogP contribution in [0, 0.1) is 17.8 Å². The van der Waals surface area contributed by atoms with Crippen LogP contribution < -0.4 is 0 Å². The van der Waals surface area contributed by atoms with E-state index in [-0.39, 0.29) is 0 Å². The molecule has 0 aliphatic heterocycles. The van der Waals surface area contributed by atoms with Gasteiger partial charge in [0.05, 0.1) is 0 Å². The summed E-state index contributed by atoms with van der Waals surface area (Å²) in [6, 6.07) is 0. The fourth-order valence-corrected chi connectivity index (χ4v) is 2.22. The number of hydrogen-bond acceptors (Lipinski definition) is 1. The highest BCUT2D eigenvalue weighted by atomic mass is 32.1. The third-order valence-corrected chi connectivity index (χ3v) is 3.01. The zero-order chi connectivity index (χ0) is 8.27. The Morgan fingerprint density at radius 1 is 1.45 bits per heavy atom. The van der Waals surface area contributed by atoms with Crippen molar-refractivity contribution in [3.63, 3.8) is 0 Å². The van der Waals surface area contributed by atoms with E-state index in [0.29, 0.717) is 0 Å². The molecule has 1 aliphatic carbocycles. The second kappa shape index (κ2) is 4.36. The molecule has 1 rings (SSSR count). The molecule has 0 heterocycles. The summed E-state index contributed by atoms with van der Waals surface area (Å²) < 4.78 is 4.96. The lowest BCUT2D eigenvalue weighted by molar-refractivity contribution is 0.279. The largest absolute Gasteiger partial charge is 0.178 e. The topological polar surface area (TPSA) is 9.23 Å². The fourth-order valence-electron chi connectivity index (χ4n) is 1.99. The lowest BCUT2D eigenvalue weighted by Crippen LogP contribution is -2.06. The van der Waals surface area contributed by atoms with E-state index in [1.165, 1.54) is 19.3 Å². The van der Waals surface area contributed by atoms with Gasteiger partial charge in [-0.2, -0.15) is 4.18 Å². The summed E-state index contributed by atoms with van der Waals surface area (Å²) in [4.78, 5) is 0. The predicted octanol–water partition coefficient (Wildman–Crippen LogP) is 2.00. The van der Waals surface area contributed by atoms with Gasteiger partial charge in [-0.1, -0.05) is 13.8 Å². The average Bonchev–Trinajstić information content (AvgIpc) is 2.37. The van der Waals surface area contributed by atoms with Crippen LogP contribution in [0.2, 0.25) is 0 Å². The Kier molecular flexibility index (Phi) is 3.73. The molecule has 0 aromatic heterocycles. The molecule has 0 N–H and O–H groups in total. The van der Waals surface area contributed by atoms with E-state index in [1.807, 2.05) is 0 Å². The van der Waals surface area contributed by atoms with Gasteiger partial charge in [-0.25, -0.2) is 0 Å². The molecule has 1 saturated carbocycles. The first-order chi connectivity index (χ1) is 5.24. The second-order valence-electron chi connectivity index (χ2n) is 3.99. The summed E-state index contributed by atoms with van der Waals surface area (Å²) in [6.07, 6.45) is 4.12. The standard InChI is InChI=1S/C9H18OS/c1-7(2)9-4-3-8(5-9)6-10-11/h7-9,11H,3-6H2,1-2H3/p+1. The minimum atomic E-state index is 0.805. The quantitative estimate of drug-likeness (QED) is 0.596. The van der Waals surface area contributed by atoms with Crippen molar-refractivity contribution in [2.45, 2.75) is 33.1 Å². The molecule has 0 radical (unpaired) electrons. The van der Waals surface area contributed by atoms with Crippen molar-refractivity contribution in [3.8, 4) is 0 Å². The molecule has 0 amide bonds. The molecule has 0 spiro atoms. The Morgan fingerprint density at radius 2 is 2.18 bits per heavy atom. The highest BCUT2D eigenvalue weighted by Crippen LogP contribution is 2.35. The van der Waals surface area contributed by atoms with Crippen LogP contribution in [0.25, 0.3) is 0 Å². The Hall–Kier alpha value is 0.310. The van der Waals surface area contributed by atoms with Crippen molar-refractivity contribution in [1.82, 2.24) is 0 Å². The molecule has 2 atom stereocenters. The van der Waals surface area contributed by atoms with Crippen molar-refractivity contribution in [2.75, 3.05) is 6.61 Å². The third-order valence-electron chi connectivity index (χ3n) is 2.84. The van der Waals surface area contributed by atoms with Gasteiger partial charge in [-0.15, -0.1) is 0 Å². The molecular formula is C9H19OS+. The molecule has 0 aromatic rings. The third kappa shape index (κ3) is 2.68. The van der Waals surface area contributed by atoms with Gasteiger partial charge >= 0.3 is 0 Å². The van der Waals surface area contributed by atoms with E-state index < -0.39 is 0 Å². The molecule has 0 aromatic carbocycles. The van der Waals surface area contributed by atoms with Crippen molar-refractivity contribution in [3.05, 3.63) is 0 Å². The van der Waals surface area contributed by atoms with Crippen LogP contribution in [0.1, 0.15) is 33.1 Å². The smallest absolute Gasteiger partial charge is 0.117 e. The summed E-state index contributed by atoms with van der Waals surface area (Å²) in [7, 11) is 0. The molecule has 1 fully saturated rings. The SMILES string of the molecule is CC(C)C1CCC(CO[SH2+])C1. The Bertz CT molecular complexity index is 114. The van der Waals surface area contributed by atoms with Crippen LogP contribution in [0.4, 0.5) is 0 Å². The van der Waals surface area contributed by atoms with Gasteiger partial charge in [0.15, 0.2) is 0 Å². The van der Waals surface area contributed by atoms with Crippen LogP contribution in [0.5, 0.6) is 0 Å². The molecule has 1 nitrogen and oxygen atoms in total. The Labute approximate surface area is 75.1 Å². The Morgan fingerprint density at radius 3 is 2.64 bits per heavy atom. The van der Waals surface area contributed by atoms with Gasteiger partial charge in [0.2, 0.25) is 0 Å². The fraction of sp³-hybridized carbons (Fsp3) is 1.00. The van der Waals surface area contributed by atoms with Crippen molar-refractivity contribution in [1.29, 1.82) is 0 Å². The molecule has 1 aliphatic rings. The molecule has 2 unspecified atom stereocenters. The predicted molar refractivity (Wildman–Crippen MR) is 51.8 cm³/mol. The number of rotatable bonds is 3. The first kappa shape index (κ1) is 9.40. The zero-order valence-corrected chi connectivity index (χ0v) is 8.47. The summed E-state index contributed by atoms with van der Waals surface area (Å²) in [5, 5.41) is 0. The lowest BCUT2D eigenvalue weighted by Gasteiger charge is -2.13. The summed E-state index contributed by atoms with van der Waals surface area (Å²) >= 11 is 3.06. The van der Waals surface area contributed by atoms with Crippen LogP contribution in [0.3, 0.4) is 0 Å². The first-order valence-corrected chi connectivity index (χ1v) is 4.93. The van der Waals surface area contributed by atoms with Gasteiger partial charge < -0.3 is 0 Å². The average molecular weight is 175 g/mol. The summed E-state index contributed by atoms with van der Waals surface area (Å²) in [6.45, 7) is 5.53. The molecule has 2 heteroatoms. The maximum atomic E-state index is 4.96. The Balaban J connectivity index is 2.23. The van der Waals surface area contributed by atoms with Gasteiger partial charge in [0, 0.05) is 0 Å². The lowest BCUT2D eigenvalue weighted by atomic mass is 9.93. The van der Waals surface area contributed by atoms with E-state index in [4.69, 9.17) is 4.18 Å². The van der Waals surface area contributed by atoms with Crippen LogP contribution >= 0.6 is 0 Å². The van der Waals surface area contributed by atoms with Gasteiger partial charge in [0.25, 0.3) is 0 Å². The van der Waals surface area contributed by atoms with E-state index >= 15 is 0 Å². The van der Waals surface area contributed by atoms with E-state index in [9.17, 15) is 0 Å². The minimum Gasteiger partial charge on any atom is -0.178 e. The van der Waals surface area contributed by atoms with Crippen molar-refractivity contribution < 1.29 is 4.18 Å². The second-order valence-corrected chi connectivity index (χ2v) is 4.28. The summed E-state index contributed by atoms with van der Waals surface area (Å²) in [5.41, 5.74) is 0. The molecular weight excluding hydrogens is 156 g/mol. The monoisotopic (exact) mass is 175 g/mol. The van der Waals surface area contributed by atoms with Gasteiger partial charge in [0.1, 0.15) is 19.5 Å². The normalized spacial score (nSPS) is 31.6. The van der Waals surface area contributed by atoms with E-state index in [0.717, 1.165) is 24.4 Å². The molecule has 0 saturated heterocycles. The molecule has 11 heavy (non-hydrogen) atoms. The van der Waals surface area contributed by atoms with E-state index in [1.54, 1.807) is 0 Å². The van der Waals surface area contributed by atoms with Crippen LogP contribution in [-0.4, -0.2) is 6.61 Å².